The van der Waals surface area contributed by atoms with Gasteiger partial charge in [-0.1, -0.05) is 5.21 Å². The normalized spacial score (nSPS) is 10.6. The van der Waals surface area contributed by atoms with Crippen LogP contribution in [0.5, 0.6) is 0 Å². The first-order chi connectivity index (χ1) is 9.65. The molecule has 0 bridgehead atoms. The van der Waals surface area contributed by atoms with Crippen LogP contribution in [0.2, 0.25) is 0 Å². The summed E-state index contributed by atoms with van der Waals surface area (Å²) < 4.78 is 6.64. The molecule has 8 nitrogen and oxygen atoms in total. The lowest BCUT2D eigenvalue weighted by molar-refractivity contribution is 0.0987. The van der Waals surface area contributed by atoms with Gasteiger partial charge < -0.3 is 9.64 Å². The van der Waals surface area contributed by atoms with E-state index in [4.69, 9.17) is 4.74 Å². The summed E-state index contributed by atoms with van der Waals surface area (Å²) in [5, 5.41) is 15.3. The zero-order chi connectivity index (χ0) is 14.5. The number of carbonyl (C=O) groups excluding carboxylic acids is 1. The maximum atomic E-state index is 12.4. The van der Waals surface area contributed by atoms with Gasteiger partial charge in [0.1, 0.15) is 0 Å². The molecule has 106 valence electrons. The van der Waals surface area contributed by atoms with Gasteiger partial charge in [-0.3, -0.25) is 4.79 Å². The first kappa shape index (κ1) is 14.1. The van der Waals surface area contributed by atoms with Gasteiger partial charge in [0.25, 0.3) is 5.91 Å². The van der Waals surface area contributed by atoms with Crippen LogP contribution in [0.3, 0.4) is 0 Å². The summed E-state index contributed by atoms with van der Waals surface area (Å²) in [5.74, 6) is -0.237. The second kappa shape index (κ2) is 6.20. The molecule has 0 fully saturated rings. The lowest BCUT2D eigenvalue weighted by Crippen LogP contribution is -2.27. The average molecular weight is 276 g/mol. The van der Waals surface area contributed by atoms with Crippen LogP contribution in [0.25, 0.3) is 0 Å². The maximum Gasteiger partial charge on any atom is 0.280 e. The minimum absolute atomic E-state index is 0.237. The number of rotatable bonds is 5. The van der Waals surface area contributed by atoms with Crippen LogP contribution in [0.1, 0.15) is 16.2 Å². The van der Waals surface area contributed by atoms with Gasteiger partial charge in [-0.25, -0.2) is 4.68 Å². The van der Waals surface area contributed by atoms with Crippen molar-refractivity contribution in [2.45, 2.75) is 13.5 Å². The molecule has 0 saturated carbocycles. The quantitative estimate of drug-likeness (QED) is 0.780. The van der Waals surface area contributed by atoms with Crippen LogP contribution in [-0.2, 0) is 11.3 Å². The molecule has 20 heavy (non-hydrogen) atoms. The number of nitrogens with zero attached hydrogens (tertiary/aromatic N) is 6. The summed E-state index contributed by atoms with van der Waals surface area (Å²) in [6, 6.07) is 1.70. The highest BCUT2D eigenvalue weighted by atomic mass is 16.5. The predicted octanol–water partition coefficient (Wildman–Crippen LogP) is 0.300. The fourth-order valence-electron chi connectivity index (χ4n) is 1.71. The maximum absolute atomic E-state index is 12.4. The molecule has 0 aliphatic carbocycles. The molecule has 0 aliphatic heterocycles. The molecule has 2 aromatic heterocycles. The number of aromatic nitrogens is 5. The number of anilines is 1. The Morgan fingerprint density at radius 1 is 1.45 bits per heavy atom. The third-order valence-corrected chi connectivity index (χ3v) is 2.95. The molecule has 0 aliphatic rings. The SMILES string of the molecule is COCCn1nnc(C(=O)N(C)c2ccnnc2)c1C. The Balaban J connectivity index is 2.19. The van der Waals surface area contributed by atoms with Crippen molar-refractivity contribution < 1.29 is 9.53 Å². The van der Waals surface area contributed by atoms with E-state index in [1.807, 2.05) is 6.92 Å². The van der Waals surface area contributed by atoms with Crippen LogP contribution in [0, 0.1) is 6.92 Å². The Labute approximate surface area is 116 Å². The Hall–Kier alpha value is -2.35. The molecule has 0 N–H and O–H groups in total. The summed E-state index contributed by atoms with van der Waals surface area (Å²) in [4.78, 5) is 13.8. The summed E-state index contributed by atoms with van der Waals surface area (Å²) >= 11 is 0. The minimum Gasteiger partial charge on any atom is -0.383 e. The Kier molecular flexibility index (Phi) is 4.36. The van der Waals surface area contributed by atoms with Crippen LogP contribution in [0.15, 0.2) is 18.5 Å². The van der Waals surface area contributed by atoms with Crippen LogP contribution in [-0.4, -0.2) is 51.9 Å². The lowest BCUT2D eigenvalue weighted by Gasteiger charge is -2.15. The summed E-state index contributed by atoms with van der Waals surface area (Å²) in [6.07, 6.45) is 3.05. The van der Waals surface area contributed by atoms with Gasteiger partial charge in [0.15, 0.2) is 5.69 Å². The number of carbonyl (C=O) groups is 1. The van der Waals surface area contributed by atoms with Crippen molar-refractivity contribution in [1.29, 1.82) is 0 Å². The van der Waals surface area contributed by atoms with Crippen LogP contribution >= 0.6 is 0 Å². The molecule has 2 aromatic rings. The van der Waals surface area contributed by atoms with E-state index in [-0.39, 0.29) is 5.91 Å². The molecular weight excluding hydrogens is 260 g/mol. The first-order valence-corrected chi connectivity index (χ1v) is 6.09. The number of methoxy groups -OCH3 is 1. The highest BCUT2D eigenvalue weighted by molar-refractivity contribution is 6.04. The Morgan fingerprint density at radius 2 is 2.25 bits per heavy atom. The fourth-order valence-corrected chi connectivity index (χ4v) is 1.71. The van der Waals surface area contributed by atoms with Gasteiger partial charge in [0.2, 0.25) is 0 Å². The molecule has 2 rings (SSSR count). The second-order valence-electron chi connectivity index (χ2n) is 4.20. The number of amides is 1. The summed E-state index contributed by atoms with van der Waals surface area (Å²) in [5.41, 5.74) is 1.68. The third-order valence-electron chi connectivity index (χ3n) is 2.95. The zero-order valence-electron chi connectivity index (χ0n) is 11.6. The Morgan fingerprint density at radius 3 is 2.90 bits per heavy atom. The van der Waals surface area contributed by atoms with Crippen LogP contribution < -0.4 is 4.90 Å². The molecule has 2 heterocycles. The summed E-state index contributed by atoms with van der Waals surface area (Å²) in [7, 11) is 3.27. The standard InChI is InChI=1S/C12H16N6O2/c1-9-11(15-16-18(9)6-7-20-3)12(19)17(2)10-4-5-13-14-8-10/h4-5,8H,6-7H2,1-3H3. The van der Waals surface area contributed by atoms with E-state index in [0.29, 0.717) is 30.2 Å². The average Bonchev–Trinajstić information content (AvgIpc) is 2.85. The molecule has 1 amide bonds. The van der Waals surface area contributed by atoms with Gasteiger partial charge in [-0.2, -0.15) is 10.2 Å². The van der Waals surface area contributed by atoms with Gasteiger partial charge in [0.05, 0.1) is 36.9 Å². The van der Waals surface area contributed by atoms with E-state index in [1.54, 1.807) is 24.9 Å². The van der Waals surface area contributed by atoms with E-state index in [1.165, 1.54) is 17.3 Å². The second-order valence-corrected chi connectivity index (χ2v) is 4.20. The molecule has 0 atom stereocenters. The van der Waals surface area contributed by atoms with E-state index < -0.39 is 0 Å². The number of hydrogen-bond donors (Lipinski definition) is 0. The van der Waals surface area contributed by atoms with Crippen molar-refractivity contribution in [2.24, 2.45) is 0 Å². The fraction of sp³-hybridized carbons (Fsp3) is 0.417. The number of hydrogen-bond acceptors (Lipinski definition) is 6. The van der Waals surface area contributed by atoms with Crippen molar-refractivity contribution in [1.82, 2.24) is 25.2 Å². The molecular formula is C12H16N6O2. The van der Waals surface area contributed by atoms with Crippen molar-refractivity contribution in [2.75, 3.05) is 25.7 Å². The summed E-state index contributed by atoms with van der Waals surface area (Å²) in [6.45, 7) is 2.88. The number of ether oxygens (including phenoxy) is 1. The molecule has 0 spiro atoms. The highest BCUT2D eigenvalue weighted by Crippen LogP contribution is 2.14. The lowest BCUT2D eigenvalue weighted by atomic mass is 10.3. The predicted molar refractivity (Wildman–Crippen MR) is 71.4 cm³/mol. The van der Waals surface area contributed by atoms with Gasteiger partial charge in [-0.15, -0.1) is 5.10 Å². The largest absolute Gasteiger partial charge is 0.383 e. The van der Waals surface area contributed by atoms with Crippen LogP contribution in [0.4, 0.5) is 5.69 Å². The zero-order valence-corrected chi connectivity index (χ0v) is 11.6. The van der Waals surface area contributed by atoms with E-state index >= 15 is 0 Å². The topological polar surface area (TPSA) is 86.0 Å². The molecule has 8 heteroatoms. The minimum atomic E-state index is -0.237. The van der Waals surface area contributed by atoms with Gasteiger partial charge >= 0.3 is 0 Å². The van der Waals surface area contributed by atoms with Gasteiger partial charge in [-0.05, 0) is 13.0 Å². The molecule has 0 radical (unpaired) electrons. The highest BCUT2D eigenvalue weighted by Gasteiger charge is 2.21. The van der Waals surface area contributed by atoms with E-state index in [2.05, 4.69) is 20.5 Å². The first-order valence-electron chi connectivity index (χ1n) is 6.09. The van der Waals surface area contributed by atoms with Crippen molar-refractivity contribution in [3.63, 3.8) is 0 Å². The van der Waals surface area contributed by atoms with Crippen molar-refractivity contribution in [3.8, 4) is 0 Å². The smallest absolute Gasteiger partial charge is 0.280 e. The Bertz CT molecular complexity index is 583. The van der Waals surface area contributed by atoms with E-state index in [9.17, 15) is 4.79 Å². The third kappa shape index (κ3) is 2.80. The van der Waals surface area contributed by atoms with Crippen molar-refractivity contribution in [3.05, 3.63) is 29.8 Å². The monoisotopic (exact) mass is 276 g/mol. The molecule has 0 unspecified atom stereocenters. The molecule has 0 aromatic carbocycles. The van der Waals surface area contributed by atoms with Crippen molar-refractivity contribution >= 4 is 11.6 Å². The molecule has 0 saturated heterocycles. The van der Waals surface area contributed by atoms with E-state index in [0.717, 1.165) is 0 Å². The van der Waals surface area contributed by atoms with Gasteiger partial charge in [0, 0.05) is 14.2 Å².